The summed E-state index contributed by atoms with van der Waals surface area (Å²) in [5, 5.41) is 0.428. The summed E-state index contributed by atoms with van der Waals surface area (Å²) in [6.07, 6.45) is -0.483. The van der Waals surface area contributed by atoms with Crippen molar-refractivity contribution in [3.63, 3.8) is 0 Å². The first kappa shape index (κ1) is 15.1. The molecule has 1 atom stereocenters. The number of benzene rings is 1. The maximum absolute atomic E-state index is 13.5. The molecule has 4 heteroatoms. The normalized spacial score (nSPS) is 12.8. The van der Waals surface area contributed by atoms with Crippen LogP contribution in [0.4, 0.5) is 4.39 Å². The van der Waals surface area contributed by atoms with Crippen molar-refractivity contribution in [2.24, 2.45) is 5.92 Å². The summed E-state index contributed by atoms with van der Waals surface area (Å²) in [6.45, 7) is 6.12. The molecule has 0 radical (unpaired) electrons. The van der Waals surface area contributed by atoms with Gasteiger partial charge in [0.1, 0.15) is 11.9 Å². The predicted octanol–water partition coefficient (Wildman–Crippen LogP) is 3.65. The third-order valence-corrected chi connectivity index (χ3v) is 2.88. The lowest BCUT2D eigenvalue weighted by Gasteiger charge is -2.19. The highest BCUT2D eigenvalue weighted by molar-refractivity contribution is 6.30. The molecule has 1 rings (SSSR count). The van der Waals surface area contributed by atoms with Crippen LogP contribution in [0.25, 0.3) is 0 Å². The quantitative estimate of drug-likeness (QED) is 0.790. The fourth-order valence-corrected chi connectivity index (χ4v) is 2.00. The van der Waals surface area contributed by atoms with E-state index in [9.17, 15) is 9.18 Å². The molecule has 0 fully saturated rings. The number of ketones is 1. The number of hydrogen-bond donors (Lipinski definition) is 0. The largest absolute Gasteiger partial charge is 0.370 e. The van der Waals surface area contributed by atoms with Crippen LogP contribution in [-0.2, 0) is 16.0 Å². The zero-order chi connectivity index (χ0) is 13.7. The second kappa shape index (κ2) is 6.86. The van der Waals surface area contributed by atoms with Gasteiger partial charge >= 0.3 is 0 Å². The third-order valence-electron chi connectivity index (χ3n) is 2.64. The van der Waals surface area contributed by atoms with Gasteiger partial charge < -0.3 is 4.74 Å². The second-order valence-electron chi connectivity index (χ2n) is 4.50. The minimum atomic E-state index is -0.492. The molecule has 1 unspecified atom stereocenters. The van der Waals surface area contributed by atoms with Gasteiger partial charge in [0.2, 0.25) is 0 Å². The Labute approximate surface area is 112 Å². The van der Waals surface area contributed by atoms with E-state index in [1.54, 1.807) is 0 Å². The molecule has 0 spiro atoms. The van der Waals surface area contributed by atoms with Gasteiger partial charge in [-0.05, 0) is 36.6 Å². The summed E-state index contributed by atoms with van der Waals surface area (Å²) >= 11 is 5.79. The lowest BCUT2D eigenvalue weighted by atomic mass is 9.97. The average molecular weight is 273 g/mol. The number of halogens is 2. The fourth-order valence-electron chi connectivity index (χ4n) is 1.80. The summed E-state index contributed by atoms with van der Waals surface area (Å²) in [7, 11) is 0. The first-order valence-corrected chi connectivity index (χ1v) is 6.41. The van der Waals surface area contributed by atoms with Crippen LogP contribution in [0.3, 0.4) is 0 Å². The van der Waals surface area contributed by atoms with E-state index in [1.807, 2.05) is 20.8 Å². The number of ether oxygens (including phenoxy) is 1. The highest BCUT2D eigenvalue weighted by atomic mass is 35.5. The van der Waals surface area contributed by atoms with Gasteiger partial charge in [0.05, 0.1) is 0 Å². The Morgan fingerprint density at radius 1 is 1.44 bits per heavy atom. The molecule has 18 heavy (non-hydrogen) atoms. The van der Waals surface area contributed by atoms with Crippen molar-refractivity contribution in [3.05, 3.63) is 34.6 Å². The van der Waals surface area contributed by atoms with Crippen LogP contribution in [0.2, 0.25) is 5.02 Å². The van der Waals surface area contributed by atoms with Crippen molar-refractivity contribution in [1.82, 2.24) is 0 Å². The summed E-state index contributed by atoms with van der Waals surface area (Å²) in [4.78, 5) is 12.1. The molecule has 0 aliphatic carbocycles. The Kier molecular flexibility index (Phi) is 5.76. The van der Waals surface area contributed by atoms with Crippen molar-refractivity contribution in [1.29, 1.82) is 0 Å². The zero-order valence-corrected chi connectivity index (χ0v) is 11.6. The Hall–Kier alpha value is -0.930. The van der Waals surface area contributed by atoms with Crippen molar-refractivity contribution in [2.75, 3.05) is 6.61 Å². The SMILES string of the molecule is CCOC(C(=O)Cc1cc(Cl)ccc1F)C(C)C. The first-order chi connectivity index (χ1) is 8.45. The zero-order valence-electron chi connectivity index (χ0n) is 10.9. The summed E-state index contributed by atoms with van der Waals surface area (Å²) in [5.74, 6) is -0.459. The van der Waals surface area contributed by atoms with Crippen LogP contribution in [0, 0.1) is 11.7 Å². The number of rotatable bonds is 6. The highest BCUT2D eigenvalue weighted by Gasteiger charge is 2.23. The smallest absolute Gasteiger partial charge is 0.166 e. The Bertz CT molecular complexity index is 418. The number of carbonyl (C=O) groups excluding carboxylic acids is 1. The molecule has 1 aromatic carbocycles. The molecular formula is C14H18ClFO2. The van der Waals surface area contributed by atoms with Crippen LogP contribution in [0.5, 0.6) is 0 Å². The maximum Gasteiger partial charge on any atom is 0.166 e. The molecule has 0 amide bonds. The summed E-state index contributed by atoms with van der Waals surface area (Å²) < 4.78 is 18.9. The van der Waals surface area contributed by atoms with Gasteiger partial charge in [-0.2, -0.15) is 0 Å². The predicted molar refractivity (Wildman–Crippen MR) is 70.4 cm³/mol. The third kappa shape index (κ3) is 4.07. The Morgan fingerprint density at radius 3 is 2.67 bits per heavy atom. The maximum atomic E-state index is 13.5. The lowest BCUT2D eigenvalue weighted by molar-refractivity contribution is -0.132. The van der Waals surface area contributed by atoms with Crippen molar-refractivity contribution < 1.29 is 13.9 Å². The molecule has 1 aromatic rings. The van der Waals surface area contributed by atoms with E-state index in [4.69, 9.17) is 16.3 Å². The summed E-state index contributed by atoms with van der Waals surface area (Å²) in [6, 6.07) is 4.22. The molecule has 0 heterocycles. The molecular weight excluding hydrogens is 255 g/mol. The Morgan fingerprint density at radius 2 is 2.11 bits per heavy atom. The van der Waals surface area contributed by atoms with Crippen LogP contribution in [0.1, 0.15) is 26.3 Å². The minimum absolute atomic E-state index is 0.00917. The molecule has 0 N–H and O–H groups in total. The molecule has 100 valence electrons. The minimum Gasteiger partial charge on any atom is -0.370 e. The molecule has 0 saturated heterocycles. The molecule has 0 aliphatic rings. The molecule has 2 nitrogen and oxygen atoms in total. The van der Waals surface area contributed by atoms with Crippen LogP contribution < -0.4 is 0 Å². The van der Waals surface area contributed by atoms with Crippen molar-refractivity contribution in [2.45, 2.75) is 33.3 Å². The monoisotopic (exact) mass is 272 g/mol. The van der Waals surface area contributed by atoms with Gasteiger partial charge in [-0.3, -0.25) is 4.79 Å². The Balaban J connectivity index is 2.82. The van der Waals surface area contributed by atoms with Gasteiger partial charge in [0, 0.05) is 18.1 Å². The van der Waals surface area contributed by atoms with Crippen LogP contribution >= 0.6 is 11.6 Å². The second-order valence-corrected chi connectivity index (χ2v) is 4.94. The van der Waals surface area contributed by atoms with E-state index in [2.05, 4.69) is 0 Å². The van der Waals surface area contributed by atoms with Gasteiger partial charge in [-0.15, -0.1) is 0 Å². The number of Topliss-reactive ketones (excluding diaryl/α,β-unsaturated/α-hetero) is 1. The topological polar surface area (TPSA) is 26.3 Å². The van der Waals surface area contributed by atoms with E-state index in [1.165, 1.54) is 18.2 Å². The van der Waals surface area contributed by atoms with Crippen LogP contribution in [-0.4, -0.2) is 18.5 Å². The van der Waals surface area contributed by atoms with E-state index >= 15 is 0 Å². The summed E-state index contributed by atoms with van der Waals surface area (Å²) in [5.41, 5.74) is 0.317. The van der Waals surface area contributed by atoms with Gasteiger partial charge in [0.25, 0.3) is 0 Å². The van der Waals surface area contributed by atoms with Crippen molar-refractivity contribution >= 4 is 17.4 Å². The molecule has 0 bridgehead atoms. The lowest BCUT2D eigenvalue weighted by Crippen LogP contribution is -2.31. The molecule has 0 aliphatic heterocycles. The van der Waals surface area contributed by atoms with Gasteiger partial charge in [0.15, 0.2) is 5.78 Å². The van der Waals surface area contributed by atoms with E-state index < -0.39 is 11.9 Å². The highest BCUT2D eigenvalue weighted by Crippen LogP contribution is 2.18. The molecule has 0 aromatic heterocycles. The van der Waals surface area contributed by atoms with Gasteiger partial charge in [-0.1, -0.05) is 25.4 Å². The number of carbonyl (C=O) groups is 1. The average Bonchev–Trinajstić information content (AvgIpc) is 2.30. The van der Waals surface area contributed by atoms with E-state index in [0.717, 1.165) is 0 Å². The molecule has 0 saturated carbocycles. The van der Waals surface area contributed by atoms with Crippen molar-refractivity contribution in [3.8, 4) is 0 Å². The van der Waals surface area contributed by atoms with E-state index in [0.29, 0.717) is 17.2 Å². The fraction of sp³-hybridized carbons (Fsp3) is 0.500. The first-order valence-electron chi connectivity index (χ1n) is 6.04. The standard InChI is InChI=1S/C14H18ClFO2/c1-4-18-14(9(2)3)13(17)8-10-7-11(15)5-6-12(10)16/h5-7,9,14H,4,8H2,1-3H3. The number of hydrogen-bond acceptors (Lipinski definition) is 2. The van der Waals surface area contributed by atoms with E-state index in [-0.39, 0.29) is 18.1 Å². The van der Waals surface area contributed by atoms with Crippen LogP contribution in [0.15, 0.2) is 18.2 Å². The van der Waals surface area contributed by atoms with Gasteiger partial charge in [-0.25, -0.2) is 4.39 Å².